The molecule has 0 unspecified atom stereocenters. The van der Waals surface area contributed by atoms with Crippen molar-refractivity contribution < 1.29 is 4.79 Å². The van der Waals surface area contributed by atoms with Crippen LogP contribution >= 0.6 is 0 Å². The van der Waals surface area contributed by atoms with Crippen molar-refractivity contribution in [2.45, 2.75) is 65.7 Å². The van der Waals surface area contributed by atoms with Gasteiger partial charge in [0.25, 0.3) is 0 Å². The smallest absolute Gasteiger partial charge is 0.136 e. The highest BCUT2D eigenvalue weighted by molar-refractivity contribution is 5.81. The first-order valence-electron chi connectivity index (χ1n) is 6.83. The molecule has 0 bridgehead atoms. The van der Waals surface area contributed by atoms with E-state index in [1.54, 1.807) is 0 Å². The third-order valence-corrected chi connectivity index (χ3v) is 3.94. The van der Waals surface area contributed by atoms with E-state index < -0.39 is 0 Å². The third-order valence-electron chi connectivity index (χ3n) is 3.94. The van der Waals surface area contributed by atoms with Gasteiger partial charge in [0.1, 0.15) is 5.78 Å². The Labute approximate surface area is 100 Å². The van der Waals surface area contributed by atoms with E-state index in [1.165, 1.54) is 37.7 Å². The maximum Gasteiger partial charge on any atom is 0.136 e. The first-order chi connectivity index (χ1) is 7.65. The molecule has 0 aromatic carbocycles. The fourth-order valence-electron chi connectivity index (χ4n) is 2.58. The maximum absolute atomic E-state index is 12.0. The second-order valence-corrected chi connectivity index (χ2v) is 5.29. The van der Waals surface area contributed by atoms with E-state index in [-0.39, 0.29) is 5.92 Å². The van der Waals surface area contributed by atoms with E-state index in [1.807, 2.05) is 0 Å². The Morgan fingerprint density at radius 1 is 1.38 bits per heavy atom. The van der Waals surface area contributed by atoms with Gasteiger partial charge in [-0.1, -0.05) is 38.3 Å². The second kappa shape index (κ2) is 6.88. The van der Waals surface area contributed by atoms with E-state index in [0.29, 0.717) is 11.7 Å². The summed E-state index contributed by atoms with van der Waals surface area (Å²) in [5.41, 5.74) is 1.48. The number of ketones is 1. The zero-order chi connectivity index (χ0) is 12.0. The summed E-state index contributed by atoms with van der Waals surface area (Å²) in [5.74, 6) is 1.38. The van der Waals surface area contributed by atoms with Crippen LogP contribution in [0.3, 0.4) is 0 Å². The Kier molecular flexibility index (Phi) is 5.79. The Morgan fingerprint density at radius 2 is 2.12 bits per heavy atom. The van der Waals surface area contributed by atoms with Gasteiger partial charge in [0.05, 0.1) is 0 Å². The molecule has 1 aliphatic rings. The van der Waals surface area contributed by atoms with Gasteiger partial charge in [0.15, 0.2) is 0 Å². The lowest BCUT2D eigenvalue weighted by Crippen LogP contribution is -2.20. The minimum atomic E-state index is 0.283. The Morgan fingerprint density at radius 3 is 2.81 bits per heavy atom. The Balaban J connectivity index is 2.63. The minimum absolute atomic E-state index is 0.283. The Hall–Kier alpha value is -0.590. The van der Waals surface area contributed by atoms with Gasteiger partial charge in [-0.15, -0.1) is 0 Å². The molecule has 1 heteroatoms. The van der Waals surface area contributed by atoms with Gasteiger partial charge in [0, 0.05) is 12.3 Å². The number of carbonyl (C=O) groups is 1. The van der Waals surface area contributed by atoms with Crippen LogP contribution in [0, 0.1) is 11.8 Å². The Bertz CT molecular complexity index is 252. The molecule has 0 fully saturated rings. The molecule has 16 heavy (non-hydrogen) atoms. The van der Waals surface area contributed by atoms with Crippen molar-refractivity contribution >= 4 is 5.78 Å². The molecule has 1 nitrogen and oxygen atoms in total. The monoisotopic (exact) mass is 222 g/mol. The van der Waals surface area contributed by atoms with Gasteiger partial charge in [-0.25, -0.2) is 0 Å². The SMILES string of the molecule is CCCC[C@H]1CC/C(C)=C/CCC(=O)[C@H]1C. The van der Waals surface area contributed by atoms with Crippen LogP contribution in [-0.2, 0) is 4.79 Å². The molecule has 0 aromatic rings. The molecule has 0 amide bonds. The van der Waals surface area contributed by atoms with Gasteiger partial charge in [0.2, 0.25) is 0 Å². The average Bonchev–Trinajstić information content (AvgIpc) is 2.32. The summed E-state index contributed by atoms with van der Waals surface area (Å²) >= 11 is 0. The molecule has 0 heterocycles. The van der Waals surface area contributed by atoms with E-state index in [4.69, 9.17) is 0 Å². The first-order valence-corrected chi connectivity index (χ1v) is 6.83. The van der Waals surface area contributed by atoms with Crippen LogP contribution in [-0.4, -0.2) is 5.78 Å². The summed E-state index contributed by atoms with van der Waals surface area (Å²) in [6.07, 6.45) is 10.1. The molecule has 1 aliphatic carbocycles. The molecule has 1 rings (SSSR count). The number of unbranched alkanes of at least 4 members (excludes halogenated alkanes) is 1. The molecule has 0 radical (unpaired) electrons. The predicted octanol–water partition coefficient (Wildman–Crippen LogP) is 4.52. The molecule has 0 aromatic heterocycles. The summed E-state index contributed by atoms with van der Waals surface area (Å²) in [6.45, 7) is 6.58. The predicted molar refractivity (Wildman–Crippen MR) is 69.4 cm³/mol. The summed E-state index contributed by atoms with van der Waals surface area (Å²) in [7, 11) is 0. The van der Waals surface area contributed by atoms with Gasteiger partial charge >= 0.3 is 0 Å². The number of rotatable bonds is 3. The second-order valence-electron chi connectivity index (χ2n) is 5.29. The largest absolute Gasteiger partial charge is 0.299 e. The molecule has 0 saturated carbocycles. The number of hydrogen-bond acceptors (Lipinski definition) is 1. The zero-order valence-corrected chi connectivity index (χ0v) is 11.1. The highest BCUT2D eigenvalue weighted by atomic mass is 16.1. The van der Waals surface area contributed by atoms with Crippen LogP contribution in [0.2, 0.25) is 0 Å². The summed E-state index contributed by atoms with van der Waals surface area (Å²) < 4.78 is 0. The summed E-state index contributed by atoms with van der Waals surface area (Å²) in [6, 6.07) is 0. The van der Waals surface area contributed by atoms with E-state index in [0.717, 1.165) is 12.8 Å². The molecule has 92 valence electrons. The van der Waals surface area contributed by atoms with Crippen molar-refractivity contribution in [3.63, 3.8) is 0 Å². The van der Waals surface area contributed by atoms with Gasteiger partial charge < -0.3 is 0 Å². The molecular weight excluding hydrogens is 196 g/mol. The number of hydrogen-bond donors (Lipinski definition) is 0. The van der Waals surface area contributed by atoms with Crippen molar-refractivity contribution in [1.82, 2.24) is 0 Å². The molecule has 0 aliphatic heterocycles. The van der Waals surface area contributed by atoms with Crippen LogP contribution in [0.25, 0.3) is 0 Å². The van der Waals surface area contributed by atoms with Crippen molar-refractivity contribution in [3.8, 4) is 0 Å². The molecular formula is C15H26O. The maximum atomic E-state index is 12.0. The van der Waals surface area contributed by atoms with E-state index in [9.17, 15) is 4.79 Å². The zero-order valence-electron chi connectivity index (χ0n) is 11.1. The molecule has 2 atom stereocenters. The van der Waals surface area contributed by atoms with Crippen LogP contribution < -0.4 is 0 Å². The lowest BCUT2D eigenvalue weighted by Gasteiger charge is -2.22. The normalized spacial score (nSPS) is 31.2. The molecule has 0 N–H and O–H groups in total. The lowest BCUT2D eigenvalue weighted by molar-refractivity contribution is -0.124. The van der Waals surface area contributed by atoms with E-state index >= 15 is 0 Å². The highest BCUT2D eigenvalue weighted by Crippen LogP contribution is 2.28. The van der Waals surface area contributed by atoms with Crippen molar-refractivity contribution in [2.24, 2.45) is 11.8 Å². The quantitative estimate of drug-likeness (QED) is 0.642. The van der Waals surface area contributed by atoms with Crippen LogP contribution in [0.1, 0.15) is 65.7 Å². The molecule has 0 saturated heterocycles. The van der Waals surface area contributed by atoms with Gasteiger partial charge in [-0.05, 0) is 38.5 Å². The standard InChI is InChI=1S/C15H26O/c1-4-5-8-14-11-10-12(2)7-6-9-15(16)13(14)3/h7,13-14H,4-6,8-11H2,1-3H3/b12-7+/t13-,14-/m0/s1. The average molecular weight is 222 g/mol. The number of allylic oxidation sites excluding steroid dienone is 2. The summed E-state index contributed by atoms with van der Waals surface area (Å²) in [5, 5.41) is 0. The third kappa shape index (κ3) is 4.11. The van der Waals surface area contributed by atoms with Gasteiger partial charge in [-0.2, -0.15) is 0 Å². The summed E-state index contributed by atoms with van der Waals surface area (Å²) in [4.78, 5) is 12.0. The highest BCUT2D eigenvalue weighted by Gasteiger charge is 2.23. The molecule has 0 spiro atoms. The fraction of sp³-hybridized carbons (Fsp3) is 0.800. The fourth-order valence-corrected chi connectivity index (χ4v) is 2.58. The van der Waals surface area contributed by atoms with E-state index in [2.05, 4.69) is 26.8 Å². The van der Waals surface area contributed by atoms with Crippen molar-refractivity contribution in [3.05, 3.63) is 11.6 Å². The van der Waals surface area contributed by atoms with Crippen LogP contribution in [0.5, 0.6) is 0 Å². The van der Waals surface area contributed by atoms with Gasteiger partial charge in [-0.3, -0.25) is 4.79 Å². The van der Waals surface area contributed by atoms with Crippen LogP contribution in [0.4, 0.5) is 0 Å². The number of carbonyl (C=O) groups excluding carboxylic acids is 1. The van der Waals surface area contributed by atoms with Crippen molar-refractivity contribution in [1.29, 1.82) is 0 Å². The first kappa shape index (κ1) is 13.5. The minimum Gasteiger partial charge on any atom is -0.299 e. The number of Topliss-reactive ketones (excluding diaryl/α,β-unsaturated/α-hetero) is 1. The van der Waals surface area contributed by atoms with Crippen molar-refractivity contribution in [2.75, 3.05) is 0 Å². The topological polar surface area (TPSA) is 17.1 Å². The van der Waals surface area contributed by atoms with Crippen LogP contribution in [0.15, 0.2) is 11.6 Å². The lowest BCUT2D eigenvalue weighted by atomic mass is 9.82.